The molecule has 6 rings (SSSR count). The Morgan fingerprint density at radius 3 is 2.36 bits per heavy atom. The van der Waals surface area contributed by atoms with Gasteiger partial charge >= 0.3 is 0 Å². The number of carbonyl (C=O) groups excluding carboxylic acids is 3. The number of imide groups is 1. The van der Waals surface area contributed by atoms with E-state index in [0.29, 0.717) is 36.3 Å². The molecule has 1 aliphatic heterocycles. The molecule has 1 unspecified atom stereocenters. The van der Waals surface area contributed by atoms with Crippen LogP contribution in [0.1, 0.15) is 47.0 Å². The van der Waals surface area contributed by atoms with E-state index < -0.39 is 16.2 Å². The van der Waals surface area contributed by atoms with Crippen molar-refractivity contribution in [3.63, 3.8) is 0 Å². The number of amides is 3. The van der Waals surface area contributed by atoms with E-state index in [1.165, 1.54) is 6.33 Å². The summed E-state index contributed by atoms with van der Waals surface area (Å²) in [7, 11) is 1.94. The topological polar surface area (TPSA) is 180 Å². The smallest absolute Gasteiger partial charge is 0.232 e. The zero-order valence-electron chi connectivity index (χ0n) is 24.4. The number of nitrogens with two attached hydrogens (primary N) is 1. The number of aromatic nitrogens is 5. The zero-order valence-corrected chi connectivity index (χ0v) is 26.5. The fourth-order valence-electron chi connectivity index (χ4n) is 6.55. The van der Waals surface area contributed by atoms with E-state index in [1.807, 2.05) is 80.4 Å². The molecule has 1 saturated heterocycles. The van der Waals surface area contributed by atoms with Crippen LogP contribution in [0.2, 0.25) is 0 Å². The minimum atomic E-state index is -0.806. The lowest BCUT2D eigenvalue weighted by molar-refractivity contribution is -0.644. The standard InChI is InChI=1S/C22H25N3O3.C7H9N5.HI.H2O/c1-20(11-21(2)13-22(3,12-20)19(28)24-18(21)27)17(26)23-15-9-14-7-5-6-8-16(14)25(4)10-15;1-2-12-4-11-5-6(8)9-3-10-7(5)12;;/h5-10H,11-13H2,1-4H3,(H-,23,24,26,27,28);3-4H,2H2,1H3,(H2,8,9,10);1H;1H2/t20?,21-,22+;;;. The molecule has 4 aromatic rings. The van der Waals surface area contributed by atoms with E-state index >= 15 is 0 Å². The van der Waals surface area contributed by atoms with Gasteiger partial charge in [-0.3, -0.25) is 19.7 Å². The number of imidazole rings is 1. The lowest BCUT2D eigenvalue weighted by Gasteiger charge is -2.53. The molecule has 3 aromatic heterocycles. The summed E-state index contributed by atoms with van der Waals surface area (Å²) < 4.78 is 3.90. The Morgan fingerprint density at radius 1 is 1.07 bits per heavy atom. The van der Waals surface area contributed by atoms with Crippen molar-refractivity contribution < 1.29 is 48.4 Å². The normalized spacial score (nSPS) is 24.5. The Bertz CT molecular complexity index is 1650. The van der Waals surface area contributed by atoms with Crippen LogP contribution in [-0.2, 0) is 28.0 Å². The van der Waals surface area contributed by atoms with E-state index in [9.17, 15) is 14.4 Å². The number of nitrogens with one attached hydrogen (secondary N) is 2. The zero-order chi connectivity index (χ0) is 28.9. The second-order valence-corrected chi connectivity index (χ2v) is 11.8. The summed E-state index contributed by atoms with van der Waals surface area (Å²) in [6, 6.07) is 9.91. The van der Waals surface area contributed by atoms with Gasteiger partial charge in [0.15, 0.2) is 17.7 Å². The number of nitrogens with zero attached hydrogens (tertiary/aromatic N) is 5. The van der Waals surface area contributed by atoms with E-state index in [-0.39, 0.29) is 47.2 Å². The summed E-state index contributed by atoms with van der Waals surface area (Å²) in [5, 5.41) is 6.57. The van der Waals surface area contributed by atoms with Crippen molar-refractivity contribution in [2.75, 3.05) is 11.1 Å². The molecule has 6 N–H and O–H groups in total. The molecule has 1 saturated carbocycles. The van der Waals surface area contributed by atoms with Gasteiger partial charge in [-0.05, 0) is 38.3 Å². The third-order valence-electron chi connectivity index (χ3n) is 8.20. The first-order valence-corrected chi connectivity index (χ1v) is 13.3. The van der Waals surface area contributed by atoms with Gasteiger partial charge in [-0.2, -0.15) is 4.57 Å². The number of benzene rings is 1. The summed E-state index contributed by atoms with van der Waals surface area (Å²) in [6.45, 7) is 8.44. The number of pyridine rings is 1. The molecular weight excluding hydrogens is 651 g/mol. The van der Waals surface area contributed by atoms with Crippen LogP contribution in [0.15, 0.2) is 49.2 Å². The highest BCUT2D eigenvalue weighted by atomic mass is 127. The number of para-hydroxylation sites is 1. The molecule has 2 bridgehead atoms. The summed E-state index contributed by atoms with van der Waals surface area (Å²) in [5.41, 5.74) is 6.60. The Labute approximate surface area is 260 Å². The number of nitrogen functional groups attached to an aromatic ring is 1. The number of anilines is 2. The highest BCUT2D eigenvalue weighted by Gasteiger charge is 2.60. The average molecular weight is 689 g/mol. The van der Waals surface area contributed by atoms with Crippen LogP contribution in [0.3, 0.4) is 0 Å². The van der Waals surface area contributed by atoms with Gasteiger partial charge in [-0.15, -0.1) is 0 Å². The number of fused-ring (bicyclic) bond motifs is 4. The highest BCUT2D eigenvalue weighted by Crippen LogP contribution is 2.56. The number of carbonyl (C=O) groups is 3. The van der Waals surface area contributed by atoms with Gasteiger partial charge in [-0.1, -0.05) is 32.9 Å². The lowest BCUT2D eigenvalue weighted by atomic mass is 9.52. The Hall–Kier alpha value is -3.72. The van der Waals surface area contributed by atoms with Gasteiger partial charge in [0.25, 0.3) is 0 Å². The molecule has 1 aliphatic carbocycles. The van der Waals surface area contributed by atoms with Gasteiger partial charge in [0.2, 0.25) is 23.2 Å². The van der Waals surface area contributed by atoms with E-state index in [0.717, 1.165) is 23.1 Å². The van der Waals surface area contributed by atoms with Crippen molar-refractivity contribution >= 4 is 51.3 Å². The first kappa shape index (κ1) is 32.8. The Kier molecular flexibility index (Phi) is 9.27. The van der Waals surface area contributed by atoms with Crippen LogP contribution in [0.4, 0.5) is 11.5 Å². The minimum Gasteiger partial charge on any atom is -1.00 e. The monoisotopic (exact) mass is 688 g/mol. The molecule has 4 heterocycles. The molecule has 2 aliphatic rings. The van der Waals surface area contributed by atoms with Crippen molar-refractivity contribution in [1.29, 1.82) is 0 Å². The van der Waals surface area contributed by atoms with Crippen LogP contribution in [0, 0.1) is 16.2 Å². The van der Waals surface area contributed by atoms with Gasteiger partial charge < -0.3 is 45.1 Å². The third kappa shape index (κ3) is 5.79. The molecule has 224 valence electrons. The summed E-state index contributed by atoms with van der Waals surface area (Å²) in [6.07, 6.45) is 6.37. The largest absolute Gasteiger partial charge is 1.00 e. The molecule has 3 atom stereocenters. The summed E-state index contributed by atoms with van der Waals surface area (Å²) >= 11 is 0. The van der Waals surface area contributed by atoms with Crippen LogP contribution >= 0.6 is 0 Å². The number of hydrogen-bond acceptors (Lipinski definition) is 7. The quantitative estimate of drug-likeness (QED) is 0.141. The van der Waals surface area contributed by atoms with E-state index in [4.69, 9.17) is 5.73 Å². The molecule has 1 aromatic carbocycles. The molecule has 0 spiro atoms. The predicted octanol–water partition coefficient (Wildman–Crippen LogP) is -0.930. The van der Waals surface area contributed by atoms with Crippen molar-refractivity contribution in [3.8, 4) is 0 Å². The lowest BCUT2D eigenvalue weighted by Crippen LogP contribution is -3.00. The first-order chi connectivity index (χ1) is 18.9. The van der Waals surface area contributed by atoms with E-state index in [2.05, 4.69) is 25.6 Å². The Balaban J connectivity index is 0.000000291. The van der Waals surface area contributed by atoms with Crippen LogP contribution in [0.25, 0.3) is 22.1 Å². The number of rotatable bonds is 3. The van der Waals surface area contributed by atoms with E-state index in [1.54, 1.807) is 6.33 Å². The molecule has 0 radical (unpaired) electrons. The fourth-order valence-corrected chi connectivity index (χ4v) is 6.55. The predicted molar refractivity (Wildman–Crippen MR) is 154 cm³/mol. The minimum absolute atomic E-state index is 0. The fraction of sp³-hybridized carbons (Fsp3) is 0.414. The highest BCUT2D eigenvalue weighted by molar-refractivity contribution is 6.05. The molecule has 3 amide bonds. The SMILES string of the molecule is CCn1cnc2c(N)ncnc21.C[n+]1cc(NC(=O)C2(C)C[C@@]3(C)C[C@@](C)(C2)C(=O)NC3=O)cc2ccccc21.O.[I-]. The maximum atomic E-state index is 13.3. The maximum absolute atomic E-state index is 13.3. The maximum Gasteiger partial charge on any atom is 0.232 e. The summed E-state index contributed by atoms with van der Waals surface area (Å²) in [5.74, 6) is -0.258. The van der Waals surface area contributed by atoms with Gasteiger partial charge in [0.1, 0.15) is 24.6 Å². The number of aryl methyl sites for hydroxylation is 2. The number of piperidine rings is 1. The van der Waals surface area contributed by atoms with Gasteiger partial charge in [-0.25, -0.2) is 15.0 Å². The molecular formula is C29H37IN8O4. The van der Waals surface area contributed by atoms with Crippen molar-refractivity contribution in [1.82, 2.24) is 24.8 Å². The van der Waals surface area contributed by atoms with Gasteiger partial charge in [0.05, 0.1) is 6.33 Å². The molecule has 13 heteroatoms. The molecule has 12 nitrogen and oxygen atoms in total. The Morgan fingerprint density at radius 2 is 1.71 bits per heavy atom. The van der Waals surface area contributed by atoms with Crippen molar-refractivity contribution in [3.05, 3.63) is 49.2 Å². The molecule has 42 heavy (non-hydrogen) atoms. The second-order valence-electron chi connectivity index (χ2n) is 11.8. The number of hydrogen-bond donors (Lipinski definition) is 3. The average Bonchev–Trinajstić information content (AvgIpc) is 3.32. The van der Waals surface area contributed by atoms with Crippen LogP contribution in [0.5, 0.6) is 0 Å². The van der Waals surface area contributed by atoms with Crippen LogP contribution < -0.4 is 44.9 Å². The summed E-state index contributed by atoms with van der Waals surface area (Å²) in [4.78, 5) is 50.3. The second kappa shape index (κ2) is 11.9. The van der Waals surface area contributed by atoms with Crippen molar-refractivity contribution in [2.24, 2.45) is 23.3 Å². The molecule has 2 fully saturated rings. The number of halogens is 1. The van der Waals surface area contributed by atoms with Crippen molar-refractivity contribution in [2.45, 2.75) is 53.5 Å². The van der Waals surface area contributed by atoms with Gasteiger partial charge in [0, 0.05) is 34.2 Å². The van der Waals surface area contributed by atoms with Crippen LogP contribution in [-0.4, -0.2) is 42.7 Å². The first-order valence-electron chi connectivity index (χ1n) is 13.3. The third-order valence-corrected chi connectivity index (χ3v) is 8.20.